The minimum Gasteiger partial charge on any atom is -0.330 e. The van der Waals surface area contributed by atoms with E-state index in [0.29, 0.717) is 24.1 Å². The van der Waals surface area contributed by atoms with Crippen LogP contribution in [0.3, 0.4) is 0 Å². The highest BCUT2D eigenvalue weighted by molar-refractivity contribution is 5.22. The van der Waals surface area contributed by atoms with Crippen molar-refractivity contribution in [1.29, 1.82) is 0 Å². The molecule has 0 radical (unpaired) electrons. The highest BCUT2D eigenvalue weighted by Gasteiger charge is 2.33. The van der Waals surface area contributed by atoms with Crippen LogP contribution in [0.15, 0.2) is 18.2 Å². The third-order valence-corrected chi connectivity index (χ3v) is 4.62. The zero-order chi connectivity index (χ0) is 14.7. The molecule has 0 spiro atoms. The normalized spacial score (nSPS) is 24.3. The summed E-state index contributed by atoms with van der Waals surface area (Å²) >= 11 is 0. The fourth-order valence-electron chi connectivity index (χ4n) is 3.54. The van der Waals surface area contributed by atoms with Crippen LogP contribution in [-0.4, -0.2) is 24.0 Å². The second-order valence-electron chi connectivity index (χ2n) is 5.67. The van der Waals surface area contributed by atoms with E-state index in [1.807, 2.05) is 6.92 Å². The molecule has 0 aromatic heterocycles. The molecule has 2 N–H and O–H groups in total. The van der Waals surface area contributed by atoms with Crippen molar-refractivity contribution < 1.29 is 8.78 Å². The topological polar surface area (TPSA) is 29.3 Å². The summed E-state index contributed by atoms with van der Waals surface area (Å²) in [5.41, 5.74) is 6.42. The Hall–Kier alpha value is -1.00. The monoisotopic (exact) mass is 282 g/mol. The lowest BCUT2D eigenvalue weighted by Gasteiger charge is -2.37. The molecule has 1 aromatic carbocycles. The predicted molar refractivity (Wildman–Crippen MR) is 77.3 cm³/mol. The van der Waals surface area contributed by atoms with E-state index in [2.05, 4.69) is 11.8 Å². The molecule has 1 aliphatic rings. The van der Waals surface area contributed by atoms with E-state index < -0.39 is 11.6 Å². The minimum atomic E-state index is -0.526. The first-order valence-electron chi connectivity index (χ1n) is 7.49. The molecule has 0 amide bonds. The number of benzene rings is 1. The van der Waals surface area contributed by atoms with E-state index >= 15 is 0 Å². The number of hydrogen-bond donors (Lipinski definition) is 1. The molecule has 2 nitrogen and oxygen atoms in total. The number of hydrogen-bond acceptors (Lipinski definition) is 2. The standard InChI is InChI=1S/C16H24F2N2/c1-3-20(16-6-4-5-12(16)10-19)11(2)14-8-7-13(17)9-15(14)18/h7-9,11-12,16H,3-6,10,19H2,1-2H3. The van der Waals surface area contributed by atoms with Gasteiger partial charge in [0.25, 0.3) is 0 Å². The van der Waals surface area contributed by atoms with Gasteiger partial charge in [-0.15, -0.1) is 0 Å². The lowest BCUT2D eigenvalue weighted by Crippen LogP contribution is -2.42. The van der Waals surface area contributed by atoms with E-state index in [0.717, 1.165) is 25.5 Å². The Labute approximate surface area is 120 Å². The molecular weight excluding hydrogens is 258 g/mol. The summed E-state index contributed by atoms with van der Waals surface area (Å²) in [6.45, 7) is 5.61. The molecule has 2 rings (SSSR count). The van der Waals surface area contributed by atoms with Gasteiger partial charge >= 0.3 is 0 Å². The first-order valence-corrected chi connectivity index (χ1v) is 7.49. The van der Waals surface area contributed by atoms with Gasteiger partial charge in [0.2, 0.25) is 0 Å². The van der Waals surface area contributed by atoms with Crippen LogP contribution in [0.2, 0.25) is 0 Å². The average molecular weight is 282 g/mol. The van der Waals surface area contributed by atoms with Gasteiger partial charge in [-0.25, -0.2) is 8.78 Å². The maximum Gasteiger partial charge on any atom is 0.130 e. The summed E-state index contributed by atoms with van der Waals surface area (Å²) in [7, 11) is 0. The maximum absolute atomic E-state index is 14.0. The predicted octanol–water partition coefficient (Wildman–Crippen LogP) is 3.48. The van der Waals surface area contributed by atoms with Crippen LogP contribution in [0.5, 0.6) is 0 Å². The lowest BCUT2D eigenvalue weighted by atomic mass is 9.98. The third kappa shape index (κ3) is 3.01. The molecule has 1 fully saturated rings. The summed E-state index contributed by atoms with van der Waals surface area (Å²) in [5, 5.41) is 0. The van der Waals surface area contributed by atoms with Crippen LogP contribution in [0, 0.1) is 17.6 Å². The molecule has 3 unspecified atom stereocenters. The van der Waals surface area contributed by atoms with Crippen molar-refractivity contribution in [2.75, 3.05) is 13.1 Å². The van der Waals surface area contributed by atoms with Gasteiger partial charge in [0.1, 0.15) is 11.6 Å². The van der Waals surface area contributed by atoms with Crippen LogP contribution in [-0.2, 0) is 0 Å². The summed E-state index contributed by atoms with van der Waals surface area (Å²) in [6, 6.07) is 4.21. The SMILES string of the molecule is CCN(C(C)c1ccc(F)cc1F)C1CCCC1CN. The zero-order valence-corrected chi connectivity index (χ0v) is 12.3. The van der Waals surface area contributed by atoms with Gasteiger partial charge in [0, 0.05) is 23.7 Å². The molecular formula is C16H24F2N2. The van der Waals surface area contributed by atoms with Gasteiger partial charge in [-0.2, -0.15) is 0 Å². The molecule has 4 heteroatoms. The average Bonchev–Trinajstić information content (AvgIpc) is 2.87. The number of nitrogens with two attached hydrogens (primary N) is 1. The highest BCUT2D eigenvalue weighted by Crippen LogP contribution is 2.35. The van der Waals surface area contributed by atoms with Crippen LogP contribution in [0.25, 0.3) is 0 Å². The van der Waals surface area contributed by atoms with Crippen LogP contribution >= 0.6 is 0 Å². The smallest absolute Gasteiger partial charge is 0.130 e. The van der Waals surface area contributed by atoms with Gasteiger partial charge in [-0.3, -0.25) is 4.90 Å². The van der Waals surface area contributed by atoms with Crippen molar-refractivity contribution in [2.45, 2.75) is 45.2 Å². The van der Waals surface area contributed by atoms with Gasteiger partial charge in [0.15, 0.2) is 0 Å². The molecule has 20 heavy (non-hydrogen) atoms. The first kappa shape index (κ1) is 15.4. The summed E-state index contributed by atoms with van der Waals surface area (Å²) in [4.78, 5) is 2.31. The molecule has 0 bridgehead atoms. The van der Waals surface area contributed by atoms with Crippen LogP contribution in [0.4, 0.5) is 8.78 Å². The Kier molecular flexibility index (Phi) is 5.11. The first-order chi connectivity index (χ1) is 9.58. The molecule has 0 aliphatic heterocycles. The van der Waals surface area contributed by atoms with E-state index in [9.17, 15) is 8.78 Å². The Bertz CT molecular complexity index is 450. The van der Waals surface area contributed by atoms with Gasteiger partial charge in [-0.05, 0) is 44.8 Å². The summed E-state index contributed by atoms with van der Waals surface area (Å²) in [6.07, 6.45) is 3.45. The zero-order valence-electron chi connectivity index (χ0n) is 12.3. The number of nitrogens with zero attached hydrogens (tertiary/aromatic N) is 1. The van der Waals surface area contributed by atoms with Crippen molar-refractivity contribution in [1.82, 2.24) is 4.90 Å². The lowest BCUT2D eigenvalue weighted by molar-refractivity contribution is 0.121. The second kappa shape index (κ2) is 6.64. The van der Waals surface area contributed by atoms with E-state index in [1.54, 1.807) is 6.07 Å². The van der Waals surface area contributed by atoms with Gasteiger partial charge in [0.05, 0.1) is 0 Å². The Morgan fingerprint density at radius 1 is 1.35 bits per heavy atom. The van der Waals surface area contributed by atoms with Crippen molar-refractivity contribution in [3.05, 3.63) is 35.4 Å². The van der Waals surface area contributed by atoms with E-state index in [4.69, 9.17) is 5.73 Å². The Morgan fingerprint density at radius 2 is 2.10 bits per heavy atom. The van der Waals surface area contributed by atoms with Gasteiger partial charge < -0.3 is 5.73 Å². The molecule has 1 aliphatic carbocycles. The van der Waals surface area contributed by atoms with Crippen LogP contribution < -0.4 is 5.73 Å². The molecule has 0 heterocycles. The summed E-state index contributed by atoms with van der Waals surface area (Å²) in [5.74, 6) is -0.499. The Morgan fingerprint density at radius 3 is 2.70 bits per heavy atom. The second-order valence-corrected chi connectivity index (χ2v) is 5.67. The molecule has 1 aromatic rings. The quantitative estimate of drug-likeness (QED) is 0.896. The highest BCUT2D eigenvalue weighted by atomic mass is 19.1. The van der Waals surface area contributed by atoms with Crippen molar-refractivity contribution in [3.63, 3.8) is 0 Å². The van der Waals surface area contributed by atoms with Gasteiger partial charge in [-0.1, -0.05) is 19.4 Å². The molecule has 1 saturated carbocycles. The fourth-order valence-corrected chi connectivity index (χ4v) is 3.54. The summed E-state index contributed by atoms with van der Waals surface area (Å²) < 4.78 is 27.0. The maximum atomic E-state index is 14.0. The largest absolute Gasteiger partial charge is 0.330 e. The number of rotatable bonds is 5. The molecule has 0 saturated heterocycles. The Balaban J connectivity index is 2.22. The minimum absolute atomic E-state index is 0.0576. The van der Waals surface area contributed by atoms with Crippen molar-refractivity contribution >= 4 is 0 Å². The number of halogens is 2. The molecule has 112 valence electrons. The van der Waals surface area contributed by atoms with Crippen molar-refractivity contribution in [3.8, 4) is 0 Å². The third-order valence-electron chi connectivity index (χ3n) is 4.62. The van der Waals surface area contributed by atoms with Crippen molar-refractivity contribution in [2.24, 2.45) is 11.7 Å². The molecule has 3 atom stereocenters. The van der Waals surface area contributed by atoms with E-state index in [-0.39, 0.29) is 6.04 Å². The van der Waals surface area contributed by atoms with Crippen LogP contribution in [0.1, 0.15) is 44.7 Å². The fraction of sp³-hybridized carbons (Fsp3) is 0.625. The van der Waals surface area contributed by atoms with E-state index in [1.165, 1.54) is 12.5 Å².